The number of rotatable bonds is 3. The fourth-order valence-corrected chi connectivity index (χ4v) is 3.41. The minimum Gasteiger partial charge on any atom is -0.370 e. The van der Waals surface area contributed by atoms with E-state index in [1.54, 1.807) is 17.0 Å². The molecule has 0 spiro atoms. The Balaban J connectivity index is 1.80. The zero-order valence-corrected chi connectivity index (χ0v) is 14.2. The normalized spacial score (nSPS) is 18.4. The molecule has 0 N–H and O–H groups in total. The number of morpholine rings is 1. The summed E-state index contributed by atoms with van der Waals surface area (Å²) in [4.78, 5) is 14.6. The van der Waals surface area contributed by atoms with Crippen LogP contribution < -0.4 is 0 Å². The van der Waals surface area contributed by atoms with Crippen LogP contribution >= 0.6 is 0 Å². The van der Waals surface area contributed by atoms with Crippen LogP contribution in [0.2, 0.25) is 0 Å². The summed E-state index contributed by atoms with van der Waals surface area (Å²) in [7, 11) is -3.34. The van der Waals surface area contributed by atoms with Crippen molar-refractivity contribution < 1.29 is 17.9 Å². The molecule has 2 aromatic rings. The maximum Gasteiger partial charge on any atom is 0.254 e. The highest BCUT2D eigenvalue weighted by Gasteiger charge is 2.26. The Kier molecular flexibility index (Phi) is 4.69. The largest absolute Gasteiger partial charge is 0.370 e. The van der Waals surface area contributed by atoms with Crippen LogP contribution in [0.3, 0.4) is 0 Å². The van der Waals surface area contributed by atoms with Crippen molar-refractivity contribution in [3.05, 3.63) is 65.7 Å². The van der Waals surface area contributed by atoms with Gasteiger partial charge in [0, 0.05) is 18.4 Å². The molecule has 0 aromatic heterocycles. The second-order valence-electron chi connectivity index (χ2n) is 5.82. The Labute approximate surface area is 141 Å². The molecule has 1 saturated heterocycles. The second-order valence-corrected chi connectivity index (χ2v) is 7.84. The lowest BCUT2D eigenvalue weighted by atomic mass is 10.1. The molecule has 0 unspecified atom stereocenters. The molecule has 0 radical (unpaired) electrons. The number of carbonyl (C=O) groups excluding carboxylic acids is 1. The van der Waals surface area contributed by atoms with E-state index in [0.717, 1.165) is 11.8 Å². The Morgan fingerprint density at radius 1 is 1.12 bits per heavy atom. The first-order valence-corrected chi connectivity index (χ1v) is 9.60. The number of hydrogen-bond acceptors (Lipinski definition) is 4. The summed E-state index contributed by atoms with van der Waals surface area (Å²) in [6.07, 6.45) is 0.971. The third kappa shape index (κ3) is 3.66. The van der Waals surface area contributed by atoms with Crippen LogP contribution in [0.4, 0.5) is 0 Å². The molecule has 0 saturated carbocycles. The Bertz CT molecular complexity index is 833. The Hall–Kier alpha value is -2.18. The molecule has 3 rings (SSSR count). The molecule has 5 nitrogen and oxygen atoms in total. The molecule has 1 aliphatic rings. The first-order valence-electron chi connectivity index (χ1n) is 7.71. The number of sulfone groups is 1. The van der Waals surface area contributed by atoms with Gasteiger partial charge in [-0.1, -0.05) is 36.4 Å². The van der Waals surface area contributed by atoms with Gasteiger partial charge >= 0.3 is 0 Å². The number of ether oxygens (including phenoxy) is 1. The van der Waals surface area contributed by atoms with Crippen molar-refractivity contribution in [1.29, 1.82) is 0 Å². The number of benzene rings is 2. The van der Waals surface area contributed by atoms with Crippen LogP contribution in [0, 0.1) is 0 Å². The lowest BCUT2D eigenvalue weighted by Gasteiger charge is -2.33. The van der Waals surface area contributed by atoms with E-state index in [1.807, 2.05) is 30.3 Å². The highest BCUT2D eigenvalue weighted by molar-refractivity contribution is 7.90. The summed E-state index contributed by atoms with van der Waals surface area (Å²) in [5.74, 6) is -0.176. The number of nitrogens with zero attached hydrogens (tertiary/aromatic N) is 1. The van der Waals surface area contributed by atoms with Crippen molar-refractivity contribution in [2.75, 3.05) is 26.0 Å². The van der Waals surface area contributed by atoms with Crippen LogP contribution in [-0.2, 0) is 14.6 Å². The monoisotopic (exact) mass is 345 g/mol. The molecule has 24 heavy (non-hydrogen) atoms. The molecule has 1 amide bonds. The van der Waals surface area contributed by atoms with Gasteiger partial charge in [-0.3, -0.25) is 4.79 Å². The Morgan fingerprint density at radius 3 is 2.58 bits per heavy atom. The minimum atomic E-state index is -3.34. The molecule has 1 atom stereocenters. The molecule has 0 aliphatic carbocycles. The topological polar surface area (TPSA) is 63.7 Å². The van der Waals surface area contributed by atoms with E-state index in [4.69, 9.17) is 4.74 Å². The quantitative estimate of drug-likeness (QED) is 0.856. The molecular weight excluding hydrogens is 326 g/mol. The van der Waals surface area contributed by atoms with Crippen LogP contribution in [0.1, 0.15) is 22.0 Å². The fourth-order valence-electron chi connectivity index (χ4n) is 2.75. The van der Waals surface area contributed by atoms with Crippen molar-refractivity contribution in [3.8, 4) is 0 Å². The molecule has 126 valence electrons. The maximum atomic E-state index is 12.7. The minimum absolute atomic E-state index is 0.154. The summed E-state index contributed by atoms with van der Waals surface area (Å²) < 4.78 is 29.1. The van der Waals surface area contributed by atoms with Gasteiger partial charge in [0.1, 0.15) is 6.10 Å². The lowest BCUT2D eigenvalue weighted by molar-refractivity contribution is -0.0228. The van der Waals surface area contributed by atoms with E-state index in [1.165, 1.54) is 12.1 Å². The predicted molar refractivity (Wildman–Crippen MR) is 90.6 cm³/mol. The van der Waals surface area contributed by atoms with Crippen LogP contribution in [0.5, 0.6) is 0 Å². The number of amides is 1. The van der Waals surface area contributed by atoms with E-state index < -0.39 is 9.84 Å². The van der Waals surface area contributed by atoms with Crippen molar-refractivity contribution >= 4 is 15.7 Å². The van der Waals surface area contributed by atoms with Crippen molar-refractivity contribution in [3.63, 3.8) is 0 Å². The number of carbonyl (C=O) groups is 1. The van der Waals surface area contributed by atoms with E-state index in [0.29, 0.717) is 25.3 Å². The zero-order chi connectivity index (χ0) is 17.2. The van der Waals surface area contributed by atoms with Gasteiger partial charge < -0.3 is 9.64 Å². The fraction of sp³-hybridized carbons (Fsp3) is 0.278. The highest BCUT2D eigenvalue weighted by Crippen LogP contribution is 2.23. The van der Waals surface area contributed by atoms with E-state index in [-0.39, 0.29) is 16.9 Å². The molecule has 2 aromatic carbocycles. The van der Waals surface area contributed by atoms with Gasteiger partial charge in [0.05, 0.1) is 18.0 Å². The van der Waals surface area contributed by atoms with Crippen LogP contribution in [0.25, 0.3) is 0 Å². The smallest absolute Gasteiger partial charge is 0.254 e. The highest BCUT2D eigenvalue weighted by atomic mass is 32.2. The second kappa shape index (κ2) is 6.75. The average Bonchev–Trinajstić information content (AvgIpc) is 2.61. The maximum absolute atomic E-state index is 12.7. The van der Waals surface area contributed by atoms with Gasteiger partial charge in [-0.25, -0.2) is 8.42 Å². The van der Waals surface area contributed by atoms with Crippen LogP contribution in [0.15, 0.2) is 59.5 Å². The molecular formula is C18H19NO4S. The summed E-state index contributed by atoms with van der Waals surface area (Å²) in [5.41, 5.74) is 1.41. The molecule has 1 heterocycles. The van der Waals surface area contributed by atoms with E-state index in [9.17, 15) is 13.2 Å². The van der Waals surface area contributed by atoms with Gasteiger partial charge in [-0.05, 0) is 23.8 Å². The van der Waals surface area contributed by atoms with E-state index >= 15 is 0 Å². The molecule has 1 aliphatic heterocycles. The van der Waals surface area contributed by atoms with Gasteiger partial charge in [-0.2, -0.15) is 0 Å². The van der Waals surface area contributed by atoms with Crippen LogP contribution in [-0.4, -0.2) is 45.2 Å². The third-order valence-corrected chi connectivity index (χ3v) is 5.14. The standard InChI is InChI=1S/C18H19NO4S/c1-24(21,22)16-9-5-8-15(12-16)18(20)19-10-11-23-17(13-19)14-6-3-2-4-7-14/h2-9,12,17H,10-11,13H2,1H3/t17-/m1/s1. The third-order valence-electron chi connectivity index (χ3n) is 4.03. The van der Waals surface area contributed by atoms with Gasteiger partial charge in [0.15, 0.2) is 9.84 Å². The Morgan fingerprint density at radius 2 is 1.88 bits per heavy atom. The lowest BCUT2D eigenvalue weighted by Crippen LogP contribution is -2.42. The molecule has 0 bridgehead atoms. The van der Waals surface area contributed by atoms with Gasteiger partial charge in [0.2, 0.25) is 0 Å². The zero-order valence-electron chi connectivity index (χ0n) is 13.4. The van der Waals surface area contributed by atoms with E-state index in [2.05, 4.69) is 0 Å². The number of hydrogen-bond donors (Lipinski definition) is 0. The first kappa shape index (κ1) is 16.7. The molecule has 6 heteroatoms. The van der Waals surface area contributed by atoms with Gasteiger partial charge in [0.25, 0.3) is 5.91 Å². The summed E-state index contributed by atoms with van der Waals surface area (Å²) in [6.45, 7) is 1.40. The van der Waals surface area contributed by atoms with Crippen molar-refractivity contribution in [2.24, 2.45) is 0 Å². The SMILES string of the molecule is CS(=O)(=O)c1cccc(C(=O)N2CCO[C@@H](c3ccccc3)C2)c1. The summed E-state index contributed by atoms with van der Waals surface area (Å²) >= 11 is 0. The predicted octanol–water partition coefficient (Wildman–Crippen LogP) is 2.30. The first-order chi connectivity index (χ1) is 11.4. The summed E-state index contributed by atoms with van der Waals surface area (Å²) in [5, 5.41) is 0. The average molecular weight is 345 g/mol. The van der Waals surface area contributed by atoms with Gasteiger partial charge in [-0.15, -0.1) is 0 Å². The summed E-state index contributed by atoms with van der Waals surface area (Å²) in [6, 6.07) is 15.9. The van der Waals surface area contributed by atoms with Crippen molar-refractivity contribution in [1.82, 2.24) is 4.90 Å². The van der Waals surface area contributed by atoms with Crippen molar-refractivity contribution in [2.45, 2.75) is 11.0 Å². The molecule has 1 fully saturated rings.